The van der Waals surface area contributed by atoms with Crippen LogP contribution in [0.5, 0.6) is 0 Å². The van der Waals surface area contributed by atoms with Crippen LogP contribution >= 0.6 is 0 Å². The van der Waals surface area contributed by atoms with Gasteiger partial charge in [-0.2, -0.15) is 0 Å². The number of rotatable bonds is 6. The lowest BCUT2D eigenvalue weighted by Gasteiger charge is -2.10. The third kappa shape index (κ3) is 4.71. The topological polar surface area (TPSA) is 41.1 Å². The van der Waals surface area contributed by atoms with Crippen LogP contribution in [0, 0.1) is 6.92 Å². The molecule has 2 rings (SSSR count). The normalized spacial score (nSPS) is 10.7. The summed E-state index contributed by atoms with van der Waals surface area (Å²) in [7, 11) is 0. The third-order valence-electron chi connectivity index (χ3n) is 3.72. The molecular weight excluding hydrogens is 272 g/mol. The molecule has 3 nitrogen and oxygen atoms in total. The molecule has 2 aromatic carbocycles. The van der Waals surface area contributed by atoms with Gasteiger partial charge in [-0.1, -0.05) is 50.2 Å². The molecule has 22 heavy (non-hydrogen) atoms. The number of hydrogen-bond acceptors (Lipinski definition) is 2. The molecule has 0 aliphatic rings. The van der Waals surface area contributed by atoms with E-state index >= 15 is 0 Å². The summed E-state index contributed by atoms with van der Waals surface area (Å²) < 4.78 is 0. The van der Waals surface area contributed by atoms with E-state index in [-0.39, 0.29) is 5.91 Å². The first-order chi connectivity index (χ1) is 10.6. The molecule has 0 spiro atoms. The van der Waals surface area contributed by atoms with Crippen molar-refractivity contribution >= 4 is 11.6 Å². The summed E-state index contributed by atoms with van der Waals surface area (Å²) in [6.07, 6.45) is 0. The molecule has 0 bridgehead atoms. The Hall–Kier alpha value is -2.13. The number of benzene rings is 2. The SMILES string of the molecule is Cc1ccccc1CNCC(=O)Nc1ccc(C(C)C)cc1. The summed E-state index contributed by atoms with van der Waals surface area (Å²) in [6.45, 7) is 7.40. The minimum absolute atomic E-state index is 0.0223. The first kappa shape index (κ1) is 16.2. The predicted molar refractivity (Wildman–Crippen MR) is 92.0 cm³/mol. The number of amides is 1. The monoisotopic (exact) mass is 296 g/mol. The van der Waals surface area contributed by atoms with Crippen LogP contribution in [0.15, 0.2) is 48.5 Å². The van der Waals surface area contributed by atoms with Gasteiger partial charge in [0.1, 0.15) is 0 Å². The summed E-state index contributed by atoms with van der Waals surface area (Å²) in [6, 6.07) is 16.2. The largest absolute Gasteiger partial charge is 0.325 e. The van der Waals surface area contributed by atoms with E-state index < -0.39 is 0 Å². The summed E-state index contributed by atoms with van der Waals surface area (Å²) in [4.78, 5) is 11.9. The summed E-state index contributed by atoms with van der Waals surface area (Å²) >= 11 is 0. The Morgan fingerprint density at radius 3 is 2.36 bits per heavy atom. The van der Waals surface area contributed by atoms with Crippen molar-refractivity contribution in [2.75, 3.05) is 11.9 Å². The van der Waals surface area contributed by atoms with Crippen molar-refractivity contribution in [1.29, 1.82) is 0 Å². The first-order valence-electron chi connectivity index (χ1n) is 7.71. The number of hydrogen-bond donors (Lipinski definition) is 2. The molecule has 0 heterocycles. The Bertz CT molecular complexity index is 618. The number of aryl methyl sites for hydroxylation is 1. The lowest BCUT2D eigenvalue weighted by molar-refractivity contribution is -0.115. The zero-order valence-corrected chi connectivity index (χ0v) is 13.5. The second-order valence-electron chi connectivity index (χ2n) is 5.85. The van der Waals surface area contributed by atoms with E-state index in [0.717, 1.165) is 5.69 Å². The summed E-state index contributed by atoms with van der Waals surface area (Å²) in [5, 5.41) is 6.09. The van der Waals surface area contributed by atoms with Crippen molar-refractivity contribution in [2.45, 2.75) is 33.2 Å². The zero-order chi connectivity index (χ0) is 15.9. The Morgan fingerprint density at radius 1 is 1.05 bits per heavy atom. The third-order valence-corrected chi connectivity index (χ3v) is 3.72. The smallest absolute Gasteiger partial charge is 0.238 e. The molecule has 2 aromatic rings. The Kier molecular flexibility index (Phi) is 5.73. The summed E-state index contributed by atoms with van der Waals surface area (Å²) in [5.41, 5.74) is 4.57. The standard InChI is InChI=1S/C19H24N2O/c1-14(2)16-8-10-18(11-9-16)21-19(22)13-20-12-17-7-5-4-6-15(17)3/h4-11,14,20H,12-13H2,1-3H3,(H,21,22). The van der Waals surface area contributed by atoms with Gasteiger partial charge in [-0.25, -0.2) is 0 Å². The van der Waals surface area contributed by atoms with Crippen LogP contribution in [0.4, 0.5) is 5.69 Å². The van der Waals surface area contributed by atoms with Crippen LogP contribution in [0.2, 0.25) is 0 Å². The van der Waals surface area contributed by atoms with Crippen LogP contribution < -0.4 is 10.6 Å². The van der Waals surface area contributed by atoms with Crippen molar-refractivity contribution in [2.24, 2.45) is 0 Å². The molecule has 0 aromatic heterocycles. The Labute approximate surface area is 132 Å². The van der Waals surface area contributed by atoms with Gasteiger partial charge in [-0.3, -0.25) is 4.79 Å². The first-order valence-corrected chi connectivity index (χ1v) is 7.71. The molecule has 2 N–H and O–H groups in total. The molecule has 3 heteroatoms. The molecule has 0 atom stereocenters. The zero-order valence-electron chi connectivity index (χ0n) is 13.5. The second kappa shape index (κ2) is 7.76. The molecule has 0 radical (unpaired) electrons. The second-order valence-corrected chi connectivity index (χ2v) is 5.85. The van der Waals surface area contributed by atoms with Crippen molar-refractivity contribution < 1.29 is 4.79 Å². The van der Waals surface area contributed by atoms with Gasteiger partial charge < -0.3 is 10.6 Å². The molecule has 0 unspecified atom stereocenters. The molecule has 0 aliphatic carbocycles. The number of anilines is 1. The van der Waals surface area contributed by atoms with Crippen molar-refractivity contribution in [3.8, 4) is 0 Å². The van der Waals surface area contributed by atoms with Crippen LogP contribution in [-0.4, -0.2) is 12.5 Å². The van der Waals surface area contributed by atoms with Gasteiger partial charge in [0.2, 0.25) is 5.91 Å². The van der Waals surface area contributed by atoms with Gasteiger partial charge in [0, 0.05) is 12.2 Å². The van der Waals surface area contributed by atoms with Gasteiger partial charge in [0.25, 0.3) is 0 Å². The number of nitrogens with one attached hydrogen (secondary N) is 2. The van der Waals surface area contributed by atoms with E-state index in [1.165, 1.54) is 16.7 Å². The van der Waals surface area contributed by atoms with Crippen molar-refractivity contribution in [3.05, 3.63) is 65.2 Å². The van der Waals surface area contributed by atoms with E-state index in [0.29, 0.717) is 19.0 Å². The van der Waals surface area contributed by atoms with Gasteiger partial charge >= 0.3 is 0 Å². The highest BCUT2D eigenvalue weighted by Gasteiger charge is 2.04. The average Bonchev–Trinajstić information content (AvgIpc) is 2.50. The fourth-order valence-corrected chi connectivity index (χ4v) is 2.28. The fraction of sp³-hybridized carbons (Fsp3) is 0.316. The van der Waals surface area contributed by atoms with Crippen LogP contribution in [0.25, 0.3) is 0 Å². The van der Waals surface area contributed by atoms with E-state index in [1.54, 1.807) is 0 Å². The van der Waals surface area contributed by atoms with Crippen LogP contribution in [0.3, 0.4) is 0 Å². The lowest BCUT2D eigenvalue weighted by Crippen LogP contribution is -2.27. The van der Waals surface area contributed by atoms with Crippen molar-refractivity contribution in [3.63, 3.8) is 0 Å². The Balaban J connectivity index is 1.79. The predicted octanol–water partition coefficient (Wildman–Crippen LogP) is 3.85. The number of carbonyl (C=O) groups is 1. The molecule has 0 aliphatic heterocycles. The van der Waals surface area contributed by atoms with Gasteiger partial charge in [0.15, 0.2) is 0 Å². The quantitative estimate of drug-likeness (QED) is 0.850. The van der Waals surface area contributed by atoms with E-state index in [1.807, 2.05) is 24.3 Å². The average molecular weight is 296 g/mol. The highest BCUT2D eigenvalue weighted by Crippen LogP contribution is 2.16. The van der Waals surface area contributed by atoms with Gasteiger partial charge in [0.05, 0.1) is 6.54 Å². The minimum atomic E-state index is -0.0223. The molecule has 1 amide bonds. The van der Waals surface area contributed by atoms with Gasteiger partial charge in [-0.15, -0.1) is 0 Å². The molecule has 0 saturated heterocycles. The minimum Gasteiger partial charge on any atom is -0.325 e. The highest BCUT2D eigenvalue weighted by atomic mass is 16.1. The molecule has 0 saturated carbocycles. The molecular formula is C19H24N2O. The van der Waals surface area contributed by atoms with Crippen molar-refractivity contribution in [1.82, 2.24) is 5.32 Å². The van der Waals surface area contributed by atoms with Gasteiger partial charge in [-0.05, 0) is 41.7 Å². The van der Waals surface area contributed by atoms with E-state index in [9.17, 15) is 4.79 Å². The molecule has 116 valence electrons. The number of carbonyl (C=O) groups excluding carboxylic acids is 1. The maximum atomic E-state index is 11.9. The fourth-order valence-electron chi connectivity index (χ4n) is 2.28. The maximum absolute atomic E-state index is 11.9. The van der Waals surface area contributed by atoms with Crippen LogP contribution in [-0.2, 0) is 11.3 Å². The maximum Gasteiger partial charge on any atom is 0.238 e. The van der Waals surface area contributed by atoms with E-state index in [2.05, 4.69) is 55.7 Å². The van der Waals surface area contributed by atoms with Crippen LogP contribution in [0.1, 0.15) is 36.5 Å². The summed E-state index contributed by atoms with van der Waals surface area (Å²) in [5.74, 6) is 0.478. The van der Waals surface area contributed by atoms with E-state index in [4.69, 9.17) is 0 Å². The highest BCUT2D eigenvalue weighted by molar-refractivity contribution is 5.92. The molecule has 0 fully saturated rings. The Morgan fingerprint density at radius 2 is 1.73 bits per heavy atom. The lowest BCUT2D eigenvalue weighted by atomic mass is 10.0.